The Morgan fingerprint density at radius 1 is 0.676 bits per heavy atom. The first-order valence-electron chi connectivity index (χ1n) is 12.5. The predicted molar refractivity (Wildman–Crippen MR) is 141 cm³/mol. The summed E-state index contributed by atoms with van der Waals surface area (Å²) in [6.45, 7) is 7.04. The predicted octanol–water partition coefficient (Wildman–Crippen LogP) is 1.65. The number of nitrogens with two attached hydrogens (primary N) is 1. The Kier molecular flexibility index (Phi) is 11.3. The molecule has 0 aliphatic carbocycles. The minimum absolute atomic E-state index is 0.102. The van der Waals surface area contributed by atoms with Gasteiger partial charge in [0.25, 0.3) is 0 Å². The molecule has 9 nitrogen and oxygen atoms in total. The SMILES string of the molecule is CC(C)[C@H](NC(=O)[C@H](N)Cc1ccccc1)C(=O)N[C@@H](C(=O)N[C@@H](Cc1ccccc1)C(=O)O)C(C)C. The van der Waals surface area contributed by atoms with Gasteiger partial charge in [0, 0.05) is 6.42 Å². The van der Waals surface area contributed by atoms with Crippen molar-refractivity contribution in [2.75, 3.05) is 0 Å². The molecule has 4 atom stereocenters. The van der Waals surface area contributed by atoms with E-state index < -0.39 is 47.9 Å². The quantitative estimate of drug-likeness (QED) is 0.276. The molecule has 0 heterocycles. The summed E-state index contributed by atoms with van der Waals surface area (Å²) in [6, 6.07) is 14.3. The van der Waals surface area contributed by atoms with Crippen LogP contribution in [0.1, 0.15) is 38.8 Å². The van der Waals surface area contributed by atoms with Crippen molar-refractivity contribution in [2.45, 2.75) is 64.7 Å². The molecule has 0 aliphatic rings. The van der Waals surface area contributed by atoms with Crippen molar-refractivity contribution >= 4 is 23.7 Å². The van der Waals surface area contributed by atoms with Crippen LogP contribution in [0.2, 0.25) is 0 Å². The number of carbonyl (C=O) groups is 4. The molecule has 9 heteroatoms. The Balaban J connectivity index is 2.06. The molecular formula is C28H38N4O5. The average Bonchev–Trinajstić information content (AvgIpc) is 2.85. The lowest BCUT2D eigenvalue weighted by molar-refractivity contribution is -0.142. The number of nitrogens with one attached hydrogen (secondary N) is 3. The summed E-state index contributed by atoms with van der Waals surface area (Å²) in [5.41, 5.74) is 7.74. The topological polar surface area (TPSA) is 151 Å². The number of carbonyl (C=O) groups excluding carboxylic acids is 3. The molecule has 0 fully saturated rings. The van der Waals surface area contributed by atoms with Gasteiger partial charge in [-0.15, -0.1) is 0 Å². The number of amides is 3. The lowest BCUT2D eigenvalue weighted by atomic mass is 9.98. The van der Waals surface area contributed by atoms with Crippen LogP contribution < -0.4 is 21.7 Å². The summed E-state index contributed by atoms with van der Waals surface area (Å²) >= 11 is 0. The summed E-state index contributed by atoms with van der Waals surface area (Å²) < 4.78 is 0. The van der Waals surface area contributed by atoms with Gasteiger partial charge in [-0.3, -0.25) is 14.4 Å². The molecular weight excluding hydrogens is 472 g/mol. The number of hydrogen-bond donors (Lipinski definition) is 5. The Bertz CT molecular complexity index is 1040. The molecule has 0 aromatic heterocycles. The third-order valence-corrected chi connectivity index (χ3v) is 6.03. The van der Waals surface area contributed by atoms with Gasteiger partial charge in [0.15, 0.2) is 0 Å². The fourth-order valence-electron chi connectivity index (χ4n) is 3.85. The first-order chi connectivity index (χ1) is 17.5. The van der Waals surface area contributed by atoms with Crippen LogP contribution in [0.3, 0.4) is 0 Å². The zero-order valence-electron chi connectivity index (χ0n) is 21.8. The number of rotatable bonds is 13. The highest BCUT2D eigenvalue weighted by atomic mass is 16.4. The maximum absolute atomic E-state index is 13.2. The molecule has 2 rings (SSSR count). The van der Waals surface area contributed by atoms with E-state index in [0.29, 0.717) is 6.42 Å². The first-order valence-corrected chi connectivity index (χ1v) is 12.5. The van der Waals surface area contributed by atoms with Crippen molar-refractivity contribution < 1.29 is 24.3 Å². The van der Waals surface area contributed by atoms with E-state index in [-0.39, 0.29) is 18.3 Å². The van der Waals surface area contributed by atoms with Crippen molar-refractivity contribution in [3.8, 4) is 0 Å². The van der Waals surface area contributed by atoms with Crippen molar-refractivity contribution in [1.82, 2.24) is 16.0 Å². The van der Waals surface area contributed by atoms with Gasteiger partial charge < -0.3 is 26.8 Å². The van der Waals surface area contributed by atoms with Crippen LogP contribution in [0, 0.1) is 11.8 Å². The van der Waals surface area contributed by atoms with E-state index in [4.69, 9.17) is 5.73 Å². The van der Waals surface area contributed by atoms with Crippen molar-refractivity contribution in [3.05, 3.63) is 71.8 Å². The Labute approximate surface area is 218 Å². The molecule has 0 saturated heterocycles. The molecule has 0 radical (unpaired) electrons. The first kappa shape index (κ1) is 29.5. The van der Waals surface area contributed by atoms with Gasteiger partial charge in [-0.2, -0.15) is 0 Å². The van der Waals surface area contributed by atoms with E-state index in [2.05, 4.69) is 16.0 Å². The van der Waals surface area contributed by atoms with Crippen LogP contribution >= 0.6 is 0 Å². The van der Waals surface area contributed by atoms with Gasteiger partial charge in [0.2, 0.25) is 17.7 Å². The molecule has 37 heavy (non-hydrogen) atoms. The van der Waals surface area contributed by atoms with Gasteiger partial charge in [-0.05, 0) is 29.4 Å². The number of hydrogen-bond acceptors (Lipinski definition) is 5. The second-order valence-corrected chi connectivity index (χ2v) is 9.85. The smallest absolute Gasteiger partial charge is 0.326 e. The van der Waals surface area contributed by atoms with Crippen molar-refractivity contribution in [3.63, 3.8) is 0 Å². The van der Waals surface area contributed by atoms with Crippen LogP contribution in [-0.2, 0) is 32.0 Å². The summed E-state index contributed by atoms with van der Waals surface area (Å²) in [5.74, 6) is -3.42. The molecule has 2 aromatic carbocycles. The fourth-order valence-corrected chi connectivity index (χ4v) is 3.85. The molecule has 0 saturated carbocycles. The molecule has 0 bridgehead atoms. The standard InChI is InChI=1S/C28H38N4O5/c1-17(2)23(26(34)30-22(28(36)37)16-20-13-9-6-10-14-20)32-27(35)24(18(3)4)31-25(33)21(29)15-19-11-7-5-8-12-19/h5-14,17-18,21-24H,15-16,29H2,1-4H3,(H,30,34)(H,31,33)(H,32,35)(H,36,37)/t21-,22+,23-,24+/m1/s1. The highest BCUT2D eigenvalue weighted by Gasteiger charge is 2.33. The van der Waals surface area contributed by atoms with E-state index >= 15 is 0 Å². The van der Waals surface area contributed by atoms with Gasteiger partial charge in [-0.25, -0.2) is 4.79 Å². The van der Waals surface area contributed by atoms with E-state index in [1.807, 2.05) is 36.4 Å². The Morgan fingerprint density at radius 3 is 1.51 bits per heavy atom. The van der Waals surface area contributed by atoms with Gasteiger partial charge in [-0.1, -0.05) is 88.4 Å². The molecule has 0 aliphatic heterocycles. The zero-order chi connectivity index (χ0) is 27.5. The maximum atomic E-state index is 13.2. The van der Waals surface area contributed by atoms with Gasteiger partial charge in [0.05, 0.1) is 6.04 Å². The maximum Gasteiger partial charge on any atom is 0.326 e. The molecule has 6 N–H and O–H groups in total. The van der Waals surface area contributed by atoms with Crippen molar-refractivity contribution in [1.29, 1.82) is 0 Å². The number of carboxylic acid groups (broad SMARTS) is 1. The van der Waals surface area contributed by atoms with Crippen LogP contribution in [0.4, 0.5) is 0 Å². The van der Waals surface area contributed by atoms with Crippen LogP contribution in [-0.4, -0.2) is 53.0 Å². The van der Waals surface area contributed by atoms with Gasteiger partial charge in [0.1, 0.15) is 18.1 Å². The average molecular weight is 511 g/mol. The normalized spacial score (nSPS) is 14.4. The molecule has 0 unspecified atom stereocenters. The van der Waals surface area contributed by atoms with E-state index in [0.717, 1.165) is 11.1 Å². The highest BCUT2D eigenvalue weighted by molar-refractivity contribution is 5.94. The molecule has 200 valence electrons. The summed E-state index contributed by atoms with van der Waals surface area (Å²) in [5, 5.41) is 17.6. The van der Waals surface area contributed by atoms with Crippen LogP contribution in [0.15, 0.2) is 60.7 Å². The van der Waals surface area contributed by atoms with E-state index in [1.54, 1.807) is 52.0 Å². The second kappa shape index (κ2) is 14.1. The lowest BCUT2D eigenvalue weighted by Crippen LogP contribution is -2.59. The molecule has 0 spiro atoms. The minimum atomic E-state index is -1.18. The van der Waals surface area contributed by atoms with E-state index in [1.165, 1.54) is 0 Å². The number of carboxylic acids is 1. The Morgan fingerprint density at radius 2 is 1.08 bits per heavy atom. The Hall–Kier alpha value is -3.72. The summed E-state index contributed by atoms with van der Waals surface area (Å²) in [6.07, 6.45) is 0.415. The largest absolute Gasteiger partial charge is 0.480 e. The zero-order valence-corrected chi connectivity index (χ0v) is 21.8. The van der Waals surface area contributed by atoms with Gasteiger partial charge >= 0.3 is 5.97 Å². The monoisotopic (exact) mass is 510 g/mol. The van der Waals surface area contributed by atoms with Crippen LogP contribution in [0.5, 0.6) is 0 Å². The number of aliphatic carboxylic acids is 1. The minimum Gasteiger partial charge on any atom is -0.480 e. The summed E-state index contributed by atoms with van der Waals surface area (Å²) in [7, 11) is 0. The lowest BCUT2D eigenvalue weighted by Gasteiger charge is -2.28. The van der Waals surface area contributed by atoms with Crippen molar-refractivity contribution in [2.24, 2.45) is 17.6 Å². The summed E-state index contributed by atoms with van der Waals surface area (Å²) in [4.78, 5) is 50.8. The fraction of sp³-hybridized carbons (Fsp3) is 0.429. The highest BCUT2D eigenvalue weighted by Crippen LogP contribution is 2.10. The second-order valence-electron chi connectivity index (χ2n) is 9.85. The van der Waals surface area contributed by atoms with E-state index in [9.17, 15) is 24.3 Å². The number of benzene rings is 2. The van der Waals surface area contributed by atoms with Crippen LogP contribution in [0.25, 0.3) is 0 Å². The molecule has 2 aromatic rings. The molecule has 3 amide bonds. The third kappa shape index (κ3) is 9.34. The third-order valence-electron chi connectivity index (χ3n) is 6.03.